The summed E-state index contributed by atoms with van der Waals surface area (Å²) in [6, 6.07) is 0. The fraction of sp³-hybridized carbons (Fsp3) is 0.643. The molecule has 0 radical (unpaired) electrons. The van der Waals surface area contributed by atoms with Gasteiger partial charge < -0.3 is 14.4 Å². The molecule has 1 fully saturated rings. The molecule has 1 aliphatic heterocycles. The molecule has 0 aliphatic carbocycles. The highest BCUT2D eigenvalue weighted by Crippen LogP contribution is 2.13. The summed E-state index contributed by atoms with van der Waals surface area (Å²) in [5.41, 5.74) is -0.288. The van der Waals surface area contributed by atoms with Crippen LogP contribution in [-0.2, 0) is 20.8 Å². The molecule has 0 unspecified atom stereocenters. The highest BCUT2D eigenvalue weighted by molar-refractivity contribution is 9.10. The third-order valence-corrected chi connectivity index (χ3v) is 3.87. The first kappa shape index (κ1) is 17.0. The van der Waals surface area contributed by atoms with E-state index in [1.54, 1.807) is 0 Å². The van der Waals surface area contributed by atoms with Crippen molar-refractivity contribution in [2.45, 2.75) is 26.3 Å². The first-order valence-corrected chi connectivity index (χ1v) is 8.16. The zero-order valence-corrected chi connectivity index (χ0v) is 14.2. The van der Waals surface area contributed by atoms with Crippen molar-refractivity contribution < 1.29 is 14.3 Å². The van der Waals surface area contributed by atoms with Gasteiger partial charge in [-0.15, -0.1) is 0 Å². The third kappa shape index (κ3) is 4.30. The lowest BCUT2D eigenvalue weighted by Gasteiger charge is -2.29. The van der Waals surface area contributed by atoms with Crippen molar-refractivity contribution in [3.05, 3.63) is 21.0 Å². The lowest BCUT2D eigenvalue weighted by molar-refractivity contribution is -0.144. The Morgan fingerprint density at radius 1 is 1.45 bits per heavy atom. The van der Waals surface area contributed by atoms with Crippen molar-refractivity contribution in [1.82, 2.24) is 9.55 Å². The van der Waals surface area contributed by atoms with Crippen molar-refractivity contribution in [2.24, 2.45) is 0 Å². The molecule has 0 bridgehead atoms. The van der Waals surface area contributed by atoms with Crippen molar-refractivity contribution in [3.63, 3.8) is 0 Å². The smallest absolute Gasteiger partial charge is 0.326 e. The Hall–Kier alpha value is -1.41. The van der Waals surface area contributed by atoms with Gasteiger partial charge in [0.2, 0.25) is 5.95 Å². The topological polar surface area (TPSA) is 73.7 Å². The van der Waals surface area contributed by atoms with E-state index in [-0.39, 0.29) is 12.1 Å². The van der Waals surface area contributed by atoms with E-state index in [0.717, 1.165) is 12.8 Å². The number of esters is 1. The van der Waals surface area contributed by atoms with E-state index in [9.17, 15) is 9.59 Å². The minimum Gasteiger partial charge on any atom is -0.464 e. The second-order valence-corrected chi connectivity index (χ2v) is 5.83. The molecule has 1 aromatic heterocycles. The van der Waals surface area contributed by atoms with Gasteiger partial charge in [-0.2, -0.15) is 0 Å². The Bertz CT molecular complexity index is 570. The van der Waals surface area contributed by atoms with E-state index in [1.807, 2.05) is 11.8 Å². The van der Waals surface area contributed by atoms with Crippen LogP contribution in [0.1, 0.15) is 19.8 Å². The van der Waals surface area contributed by atoms with Crippen LogP contribution < -0.4 is 10.5 Å². The molecule has 8 heteroatoms. The molecule has 0 N–H and O–H groups in total. The Morgan fingerprint density at radius 2 is 2.18 bits per heavy atom. The fourth-order valence-electron chi connectivity index (χ4n) is 2.12. The maximum atomic E-state index is 12.3. The number of ether oxygens (including phenoxy) is 2. The van der Waals surface area contributed by atoms with E-state index in [1.165, 1.54) is 10.8 Å². The van der Waals surface area contributed by atoms with E-state index >= 15 is 0 Å². The number of nitrogens with zero attached hydrogens (tertiary/aromatic N) is 3. The quantitative estimate of drug-likeness (QED) is 0.550. The molecule has 7 nitrogen and oxygen atoms in total. The first-order chi connectivity index (χ1) is 10.6. The predicted octanol–water partition coefficient (Wildman–Crippen LogP) is 1.19. The van der Waals surface area contributed by atoms with E-state index < -0.39 is 5.97 Å². The molecular weight excluding hydrogens is 354 g/mol. The van der Waals surface area contributed by atoms with Gasteiger partial charge in [-0.25, -0.2) is 4.98 Å². The number of hydrogen-bond acceptors (Lipinski definition) is 6. The number of unbranched alkanes of at least 4 members (excludes halogenated alkanes) is 1. The summed E-state index contributed by atoms with van der Waals surface area (Å²) in [5, 5.41) is 0. The molecule has 0 aromatic carbocycles. The van der Waals surface area contributed by atoms with Gasteiger partial charge in [0.05, 0.1) is 26.0 Å². The first-order valence-electron chi connectivity index (χ1n) is 7.37. The molecular formula is C14H20BrN3O4. The molecule has 1 aliphatic rings. The summed E-state index contributed by atoms with van der Waals surface area (Å²) in [6.07, 6.45) is 3.23. The van der Waals surface area contributed by atoms with Gasteiger partial charge in [0.15, 0.2) is 0 Å². The largest absolute Gasteiger partial charge is 0.464 e. The standard InChI is InChI=1S/C14H20BrN3O4/c1-2-3-6-22-12(19)10-18-13(20)11(15)9-16-14(18)17-4-7-21-8-5-17/h9H,2-8,10H2,1H3. The lowest BCUT2D eigenvalue weighted by atomic mass is 10.4. The molecule has 2 rings (SSSR count). The number of hydrogen-bond donors (Lipinski definition) is 0. The fourth-order valence-corrected chi connectivity index (χ4v) is 2.44. The second-order valence-electron chi connectivity index (χ2n) is 4.97. The van der Waals surface area contributed by atoms with Gasteiger partial charge in [-0.3, -0.25) is 14.2 Å². The summed E-state index contributed by atoms with van der Waals surface area (Å²) in [6.45, 7) is 4.69. The van der Waals surface area contributed by atoms with Gasteiger partial charge in [0.1, 0.15) is 11.0 Å². The average molecular weight is 374 g/mol. The monoisotopic (exact) mass is 373 g/mol. The number of carbonyl (C=O) groups is 1. The number of halogens is 1. The van der Waals surface area contributed by atoms with Crippen LogP contribution in [0.2, 0.25) is 0 Å². The number of rotatable bonds is 6. The minimum absolute atomic E-state index is 0.137. The van der Waals surface area contributed by atoms with Gasteiger partial charge in [-0.05, 0) is 22.4 Å². The Morgan fingerprint density at radius 3 is 2.86 bits per heavy atom. The SMILES string of the molecule is CCCCOC(=O)Cn1c(N2CCOCC2)ncc(Br)c1=O. The average Bonchev–Trinajstić information content (AvgIpc) is 2.53. The predicted molar refractivity (Wildman–Crippen MR) is 85.1 cm³/mol. The van der Waals surface area contributed by atoms with Gasteiger partial charge in [0.25, 0.3) is 5.56 Å². The zero-order chi connectivity index (χ0) is 15.9. The van der Waals surface area contributed by atoms with Crippen LogP contribution >= 0.6 is 15.9 Å². The van der Waals surface area contributed by atoms with Crippen LogP contribution in [0.4, 0.5) is 5.95 Å². The summed E-state index contributed by atoms with van der Waals surface area (Å²) < 4.78 is 12.1. The third-order valence-electron chi connectivity index (χ3n) is 3.33. The van der Waals surface area contributed by atoms with Crippen LogP contribution in [0.3, 0.4) is 0 Å². The van der Waals surface area contributed by atoms with Crippen LogP contribution in [0.15, 0.2) is 15.5 Å². The molecule has 1 aromatic rings. The molecule has 0 spiro atoms. The Kier molecular flexibility index (Phi) is 6.38. The molecule has 1 saturated heterocycles. The van der Waals surface area contributed by atoms with Crippen molar-refractivity contribution >= 4 is 27.8 Å². The Balaban J connectivity index is 2.18. The normalized spacial score (nSPS) is 14.9. The van der Waals surface area contributed by atoms with Crippen LogP contribution in [0.5, 0.6) is 0 Å². The van der Waals surface area contributed by atoms with Gasteiger partial charge in [0, 0.05) is 13.1 Å². The van der Waals surface area contributed by atoms with E-state index in [2.05, 4.69) is 20.9 Å². The van der Waals surface area contributed by atoms with E-state index in [4.69, 9.17) is 9.47 Å². The number of carbonyl (C=O) groups excluding carboxylic acids is 1. The molecule has 22 heavy (non-hydrogen) atoms. The number of anilines is 1. The van der Waals surface area contributed by atoms with Crippen LogP contribution in [-0.4, -0.2) is 48.4 Å². The van der Waals surface area contributed by atoms with Gasteiger partial charge in [-0.1, -0.05) is 13.3 Å². The molecule has 122 valence electrons. The Labute approximate surface area is 137 Å². The molecule has 0 amide bonds. The summed E-state index contributed by atoms with van der Waals surface area (Å²) in [7, 11) is 0. The molecule has 2 heterocycles. The summed E-state index contributed by atoms with van der Waals surface area (Å²) in [5.74, 6) is 0.0499. The van der Waals surface area contributed by atoms with E-state index in [0.29, 0.717) is 43.3 Å². The highest BCUT2D eigenvalue weighted by Gasteiger charge is 2.20. The molecule has 0 atom stereocenters. The lowest BCUT2D eigenvalue weighted by Crippen LogP contribution is -2.41. The summed E-state index contributed by atoms with van der Waals surface area (Å²) >= 11 is 3.17. The maximum absolute atomic E-state index is 12.3. The van der Waals surface area contributed by atoms with Crippen LogP contribution in [0, 0.1) is 0 Å². The van der Waals surface area contributed by atoms with Crippen molar-refractivity contribution in [2.75, 3.05) is 37.8 Å². The van der Waals surface area contributed by atoms with Gasteiger partial charge >= 0.3 is 5.97 Å². The van der Waals surface area contributed by atoms with Crippen molar-refractivity contribution in [1.29, 1.82) is 0 Å². The number of morpholine rings is 1. The van der Waals surface area contributed by atoms with Crippen LogP contribution in [0.25, 0.3) is 0 Å². The second kappa shape index (κ2) is 8.28. The maximum Gasteiger partial charge on any atom is 0.326 e. The zero-order valence-electron chi connectivity index (χ0n) is 12.6. The summed E-state index contributed by atoms with van der Waals surface area (Å²) in [4.78, 5) is 30.5. The molecule has 0 saturated carbocycles. The van der Waals surface area contributed by atoms with Crippen molar-refractivity contribution in [3.8, 4) is 0 Å². The minimum atomic E-state index is -0.426. The number of aromatic nitrogens is 2. The highest BCUT2D eigenvalue weighted by atomic mass is 79.9.